The molecule has 1 aliphatic heterocycles. The summed E-state index contributed by atoms with van der Waals surface area (Å²) in [6.07, 6.45) is 2.27. The standard InChI is InChI=1S/C18H21ClN4O2/c1-14-12-21(13-15-6-3-2-4-7-15)8-5-9-22(14)18-17(19)10-16(11-20-18)23(24)25/h2-4,6-7,10-11,14H,5,8-9,12-13H2,1H3. The van der Waals surface area contributed by atoms with E-state index in [2.05, 4.69) is 46.0 Å². The Bertz CT molecular complexity index is 741. The molecule has 132 valence electrons. The fourth-order valence-electron chi connectivity index (χ4n) is 3.28. The van der Waals surface area contributed by atoms with E-state index in [0.29, 0.717) is 10.8 Å². The van der Waals surface area contributed by atoms with Crippen LogP contribution in [0.5, 0.6) is 0 Å². The van der Waals surface area contributed by atoms with E-state index >= 15 is 0 Å². The lowest BCUT2D eigenvalue weighted by molar-refractivity contribution is -0.385. The van der Waals surface area contributed by atoms with Crippen LogP contribution in [-0.2, 0) is 6.54 Å². The average Bonchev–Trinajstić information content (AvgIpc) is 2.77. The van der Waals surface area contributed by atoms with Gasteiger partial charge in [-0.1, -0.05) is 41.9 Å². The fourth-order valence-corrected chi connectivity index (χ4v) is 3.55. The lowest BCUT2D eigenvalue weighted by Gasteiger charge is -2.30. The van der Waals surface area contributed by atoms with E-state index in [9.17, 15) is 10.1 Å². The summed E-state index contributed by atoms with van der Waals surface area (Å²) in [5.41, 5.74) is 1.22. The lowest BCUT2D eigenvalue weighted by Crippen LogP contribution is -2.39. The average molecular weight is 361 g/mol. The molecule has 0 spiro atoms. The Kier molecular flexibility index (Phi) is 5.50. The zero-order chi connectivity index (χ0) is 17.8. The van der Waals surface area contributed by atoms with E-state index < -0.39 is 4.92 Å². The highest BCUT2D eigenvalue weighted by Gasteiger charge is 2.25. The summed E-state index contributed by atoms with van der Waals surface area (Å²) < 4.78 is 0. The topological polar surface area (TPSA) is 62.5 Å². The molecule has 1 unspecified atom stereocenters. The van der Waals surface area contributed by atoms with Crippen molar-refractivity contribution < 1.29 is 4.92 Å². The number of nitrogens with zero attached hydrogens (tertiary/aromatic N) is 4. The van der Waals surface area contributed by atoms with Crippen molar-refractivity contribution in [3.8, 4) is 0 Å². The molecule has 0 amide bonds. The van der Waals surface area contributed by atoms with Gasteiger partial charge in [0.25, 0.3) is 5.69 Å². The first-order valence-electron chi connectivity index (χ1n) is 8.37. The van der Waals surface area contributed by atoms with Crippen molar-refractivity contribution in [3.05, 3.63) is 63.3 Å². The molecule has 2 aromatic rings. The molecular weight excluding hydrogens is 340 g/mol. The van der Waals surface area contributed by atoms with Crippen molar-refractivity contribution in [2.45, 2.75) is 25.9 Å². The van der Waals surface area contributed by atoms with Gasteiger partial charge in [0.05, 0.1) is 9.95 Å². The van der Waals surface area contributed by atoms with Crippen LogP contribution in [0, 0.1) is 10.1 Å². The van der Waals surface area contributed by atoms with Gasteiger partial charge in [-0.2, -0.15) is 0 Å². The van der Waals surface area contributed by atoms with Gasteiger partial charge in [0.2, 0.25) is 0 Å². The molecule has 0 N–H and O–H groups in total. The monoisotopic (exact) mass is 360 g/mol. The number of anilines is 1. The predicted octanol–water partition coefficient (Wildman–Crippen LogP) is 3.74. The van der Waals surface area contributed by atoms with E-state index in [0.717, 1.165) is 32.6 Å². The Balaban J connectivity index is 1.73. The normalized spacial score (nSPS) is 18.8. The quantitative estimate of drug-likeness (QED) is 0.614. The SMILES string of the molecule is CC1CN(Cc2ccccc2)CCCN1c1ncc([N+](=O)[O-])cc1Cl. The zero-order valence-corrected chi connectivity index (χ0v) is 14.9. The van der Waals surface area contributed by atoms with Gasteiger partial charge in [0.1, 0.15) is 12.0 Å². The largest absolute Gasteiger partial charge is 0.351 e. The summed E-state index contributed by atoms with van der Waals surface area (Å²) >= 11 is 6.27. The van der Waals surface area contributed by atoms with Crippen LogP contribution in [0.4, 0.5) is 11.5 Å². The highest BCUT2D eigenvalue weighted by Crippen LogP contribution is 2.29. The van der Waals surface area contributed by atoms with Gasteiger partial charge >= 0.3 is 0 Å². The molecule has 7 heteroatoms. The van der Waals surface area contributed by atoms with Crippen molar-refractivity contribution in [3.63, 3.8) is 0 Å². The number of rotatable bonds is 4. The third kappa shape index (κ3) is 4.27. The van der Waals surface area contributed by atoms with E-state index in [1.165, 1.54) is 17.8 Å². The third-order valence-electron chi connectivity index (χ3n) is 4.47. The molecule has 1 aliphatic rings. The molecule has 1 aromatic heterocycles. The molecule has 1 aromatic carbocycles. The third-order valence-corrected chi connectivity index (χ3v) is 4.75. The number of aromatic nitrogens is 1. The second-order valence-electron chi connectivity index (χ2n) is 6.37. The van der Waals surface area contributed by atoms with Crippen LogP contribution in [0.2, 0.25) is 5.02 Å². The van der Waals surface area contributed by atoms with Crippen molar-refractivity contribution in [1.82, 2.24) is 9.88 Å². The van der Waals surface area contributed by atoms with Crippen LogP contribution >= 0.6 is 11.6 Å². The second-order valence-corrected chi connectivity index (χ2v) is 6.78. The summed E-state index contributed by atoms with van der Waals surface area (Å²) in [5, 5.41) is 11.2. The van der Waals surface area contributed by atoms with Crippen LogP contribution in [0.25, 0.3) is 0 Å². The van der Waals surface area contributed by atoms with Gasteiger partial charge in [0, 0.05) is 38.3 Å². The number of pyridine rings is 1. The minimum atomic E-state index is -0.476. The van der Waals surface area contributed by atoms with Gasteiger partial charge in [-0.25, -0.2) is 4.98 Å². The van der Waals surface area contributed by atoms with Crippen molar-refractivity contribution in [1.29, 1.82) is 0 Å². The molecule has 0 aliphatic carbocycles. The first-order valence-corrected chi connectivity index (χ1v) is 8.75. The molecule has 1 saturated heterocycles. The maximum Gasteiger partial charge on any atom is 0.289 e. The smallest absolute Gasteiger partial charge is 0.289 e. The maximum atomic E-state index is 10.9. The van der Waals surface area contributed by atoms with Crippen LogP contribution in [0.1, 0.15) is 18.9 Å². The number of benzene rings is 1. The molecule has 0 radical (unpaired) electrons. The zero-order valence-electron chi connectivity index (χ0n) is 14.1. The summed E-state index contributed by atoms with van der Waals surface area (Å²) in [5.74, 6) is 0.626. The second kappa shape index (κ2) is 7.80. The molecule has 0 bridgehead atoms. The Hall–Kier alpha value is -2.18. The van der Waals surface area contributed by atoms with Crippen LogP contribution in [0.15, 0.2) is 42.6 Å². The summed E-state index contributed by atoms with van der Waals surface area (Å²) in [6, 6.07) is 12.0. The Morgan fingerprint density at radius 3 is 2.76 bits per heavy atom. The van der Waals surface area contributed by atoms with Gasteiger partial charge in [-0.3, -0.25) is 15.0 Å². The number of hydrogen-bond donors (Lipinski definition) is 0. The molecule has 25 heavy (non-hydrogen) atoms. The summed E-state index contributed by atoms with van der Waals surface area (Å²) in [6.45, 7) is 5.78. The maximum absolute atomic E-state index is 10.9. The first-order chi connectivity index (χ1) is 12.0. The van der Waals surface area contributed by atoms with E-state index in [1.54, 1.807) is 0 Å². The highest BCUT2D eigenvalue weighted by atomic mass is 35.5. The number of halogens is 1. The number of hydrogen-bond acceptors (Lipinski definition) is 5. The molecule has 0 saturated carbocycles. The van der Waals surface area contributed by atoms with Gasteiger partial charge in [-0.15, -0.1) is 0 Å². The molecule has 6 nitrogen and oxygen atoms in total. The Labute approximate surface area is 152 Å². The van der Waals surface area contributed by atoms with Crippen molar-refractivity contribution >= 4 is 23.1 Å². The molecule has 1 atom stereocenters. The molecule has 3 rings (SSSR count). The molecule has 2 heterocycles. The first kappa shape index (κ1) is 17.6. The highest BCUT2D eigenvalue weighted by molar-refractivity contribution is 6.33. The Morgan fingerprint density at radius 2 is 2.08 bits per heavy atom. The van der Waals surface area contributed by atoms with Gasteiger partial charge in [-0.05, 0) is 18.9 Å². The van der Waals surface area contributed by atoms with Gasteiger partial charge in [0.15, 0.2) is 0 Å². The molecule has 1 fully saturated rings. The van der Waals surface area contributed by atoms with Crippen molar-refractivity contribution in [2.24, 2.45) is 0 Å². The van der Waals surface area contributed by atoms with Crippen LogP contribution in [-0.4, -0.2) is 40.5 Å². The van der Waals surface area contributed by atoms with E-state index in [1.807, 2.05) is 6.07 Å². The van der Waals surface area contributed by atoms with Gasteiger partial charge < -0.3 is 4.90 Å². The van der Waals surface area contributed by atoms with Crippen LogP contribution in [0.3, 0.4) is 0 Å². The lowest BCUT2D eigenvalue weighted by atomic mass is 10.2. The number of nitro groups is 1. The summed E-state index contributed by atoms with van der Waals surface area (Å²) in [4.78, 5) is 19.2. The minimum Gasteiger partial charge on any atom is -0.351 e. The van der Waals surface area contributed by atoms with Crippen molar-refractivity contribution in [2.75, 3.05) is 24.5 Å². The minimum absolute atomic E-state index is 0.0815. The summed E-state index contributed by atoms with van der Waals surface area (Å²) in [7, 11) is 0. The molecular formula is C18H21ClN4O2. The fraction of sp³-hybridized carbons (Fsp3) is 0.389. The predicted molar refractivity (Wildman–Crippen MR) is 99.0 cm³/mol. The Morgan fingerprint density at radius 1 is 1.32 bits per heavy atom. The van der Waals surface area contributed by atoms with E-state index in [-0.39, 0.29) is 11.7 Å². The van der Waals surface area contributed by atoms with E-state index in [4.69, 9.17) is 11.6 Å². The van der Waals surface area contributed by atoms with Crippen LogP contribution < -0.4 is 4.90 Å².